The van der Waals surface area contributed by atoms with Gasteiger partial charge in [0.2, 0.25) is 0 Å². The fourth-order valence-electron chi connectivity index (χ4n) is 3.97. The Kier molecular flexibility index (Phi) is 6.49. The van der Waals surface area contributed by atoms with Crippen molar-refractivity contribution in [2.75, 3.05) is 6.61 Å². The summed E-state index contributed by atoms with van der Waals surface area (Å²) < 4.78 is 5.88. The van der Waals surface area contributed by atoms with E-state index in [9.17, 15) is 9.90 Å². The third-order valence-electron chi connectivity index (χ3n) is 5.31. The molecule has 0 unspecified atom stereocenters. The van der Waals surface area contributed by atoms with Crippen LogP contribution in [0.15, 0.2) is 24.3 Å². The van der Waals surface area contributed by atoms with Gasteiger partial charge in [0.15, 0.2) is 0 Å². The van der Waals surface area contributed by atoms with E-state index in [0.717, 1.165) is 37.9 Å². The second kappa shape index (κ2) is 8.37. The summed E-state index contributed by atoms with van der Waals surface area (Å²) in [5, 5.41) is 9.31. The van der Waals surface area contributed by atoms with Crippen molar-refractivity contribution in [1.29, 1.82) is 0 Å². The molecule has 3 nitrogen and oxygen atoms in total. The van der Waals surface area contributed by atoms with Crippen LogP contribution in [0.3, 0.4) is 0 Å². The molecule has 0 heterocycles. The molecule has 0 amide bonds. The van der Waals surface area contributed by atoms with E-state index in [-0.39, 0.29) is 11.3 Å². The van der Waals surface area contributed by atoms with Crippen molar-refractivity contribution in [3.63, 3.8) is 0 Å². The summed E-state index contributed by atoms with van der Waals surface area (Å²) in [5.41, 5.74) is 1.38. The van der Waals surface area contributed by atoms with Crippen LogP contribution < -0.4 is 4.74 Å². The van der Waals surface area contributed by atoms with Crippen LogP contribution in [0.4, 0.5) is 0 Å². The number of unbranched alkanes of at least 4 members (excludes halogenated alkanes) is 2. The first-order valence-electron chi connectivity index (χ1n) is 9.08. The van der Waals surface area contributed by atoms with Crippen molar-refractivity contribution in [2.24, 2.45) is 5.92 Å². The lowest BCUT2D eigenvalue weighted by molar-refractivity contribution is -0.143. The zero-order valence-electron chi connectivity index (χ0n) is 14.5. The lowest BCUT2D eigenvalue weighted by Crippen LogP contribution is -2.34. The predicted molar refractivity (Wildman–Crippen MR) is 93.0 cm³/mol. The number of carboxylic acid groups (broad SMARTS) is 1. The van der Waals surface area contributed by atoms with Gasteiger partial charge in [-0.05, 0) is 50.5 Å². The second-order valence-electron chi connectivity index (χ2n) is 6.78. The Labute approximate surface area is 140 Å². The highest BCUT2D eigenvalue weighted by molar-refractivity contribution is 5.70. The second-order valence-corrected chi connectivity index (χ2v) is 6.78. The van der Waals surface area contributed by atoms with Gasteiger partial charge in [0, 0.05) is 5.56 Å². The van der Waals surface area contributed by atoms with Gasteiger partial charge in [0.05, 0.1) is 12.5 Å². The standard InChI is InChI=1S/C20H30O3/c1-3-5-8-13-20(14-11-16(12-15-20)19(21)22)17-9-6-7-10-18(17)23-4-2/h6-7,9-10,16H,3-5,8,11-15H2,1-2H3,(H,21,22). The molecule has 0 spiro atoms. The number of hydrogen-bond donors (Lipinski definition) is 1. The number of benzene rings is 1. The maximum absolute atomic E-state index is 11.3. The van der Waals surface area contributed by atoms with Gasteiger partial charge in [-0.25, -0.2) is 0 Å². The molecule has 1 aliphatic carbocycles. The fraction of sp³-hybridized carbons (Fsp3) is 0.650. The van der Waals surface area contributed by atoms with E-state index in [1.54, 1.807) is 0 Å². The van der Waals surface area contributed by atoms with Crippen molar-refractivity contribution in [2.45, 2.75) is 70.6 Å². The Morgan fingerprint density at radius 2 is 1.91 bits per heavy atom. The number of para-hydroxylation sites is 1. The molecule has 23 heavy (non-hydrogen) atoms. The number of carbonyl (C=O) groups is 1. The van der Waals surface area contributed by atoms with Crippen LogP contribution in [0.1, 0.15) is 70.8 Å². The summed E-state index contributed by atoms with van der Waals surface area (Å²) in [6.07, 6.45) is 8.26. The molecule has 1 fully saturated rings. The van der Waals surface area contributed by atoms with Crippen molar-refractivity contribution < 1.29 is 14.6 Å². The summed E-state index contributed by atoms with van der Waals surface area (Å²) in [4.78, 5) is 11.3. The summed E-state index contributed by atoms with van der Waals surface area (Å²) in [5.74, 6) is 0.180. The zero-order chi connectivity index (χ0) is 16.7. The minimum atomic E-state index is -0.634. The molecule has 1 aliphatic rings. The molecule has 3 heteroatoms. The van der Waals surface area contributed by atoms with Gasteiger partial charge >= 0.3 is 5.97 Å². The smallest absolute Gasteiger partial charge is 0.306 e. The van der Waals surface area contributed by atoms with Crippen molar-refractivity contribution in [1.82, 2.24) is 0 Å². The van der Waals surface area contributed by atoms with Gasteiger partial charge in [-0.1, -0.05) is 44.4 Å². The fourth-order valence-corrected chi connectivity index (χ4v) is 3.97. The molecule has 0 bridgehead atoms. The Morgan fingerprint density at radius 1 is 1.22 bits per heavy atom. The highest BCUT2D eigenvalue weighted by atomic mass is 16.5. The van der Waals surface area contributed by atoms with E-state index >= 15 is 0 Å². The Hall–Kier alpha value is -1.51. The molecular weight excluding hydrogens is 288 g/mol. The summed E-state index contributed by atoms with van der Waals surface area (Å²) in [7, 11) is 0. The average Bonchev–Trinajstić information content (AvgIpc) is 2.56. The van der Waals surface area contributed by atoms with Crippen LogP contribution in [0.25, 0.3) is 0 Å². The minimum Gasteiger partial charge on any atom is -0.494 e. The molecule has 1 aromatic carbocycles. The summed E-state index contributed by atoms with van der Waals surface area (Å²) in [6.45, 7) is 4.91. The molecule has 1 N–H and O–H groups in total. The molecule has 128 valence electrons. The molecule has 1 aromatic rings. The summed E-state index contributed by atoms with van der Waals surface area (Å²) >= 11 is 0. The number of rotatable bonds is 8. The van der Waals surface area contributed by atoms with E-state index in [0.29, 0.717) is 6.61 Å². The van der Waals surface area contributed by atoms with E-state index < -0.39 is 5.97 Å². The Balaban J connectivity index is 2.26. The van der Waals surface area contributed by atoms with E-state index in [1.807, 2.05) is 13.0 Å². The maximum Gasteiger partial charge on any atom is 0.306 e. The van der Waals surface area contributed by atoms with Crippen LogP contribution >= 0.6 is 0 Å². The molecule has 1 saturated carbocycles. The van der Waals surface area contributed by atoms with Gasteiger partial charge in [-0.2, -0.15) is 0 Å². The lowest BCUT2D eigenvalue weighted by Gasteiger charge is -2.41. The minimum absolute atomic E-state index is 0.0902. The third kappa shape index (κ3) is 4.27. The number of carboxylic acids is 1. The number of hydrogen-bond acceptors (Lipinski definition) is 2. The van der Waals surface area contributed by atoms with Crippen LogP contribution in [-0.4, -0.2) is 17.7 Å². The Bertz CT molecular complexity index is 501. The maximum atomic E-state index is 11.3. The van der Waals surface area contributed by atoms with Gasteiger partial charge in [0.25, 0.3) is 0 Å². The van der Waals surface area contributed by atoms with Crippen molar-refractivity contribution >= 4 is 5.97 Å². The number of aliphatic carboxylic acids is 1. The molecule has 0 radical (unpaired) electrons. The van der Waals surface area contributed by atoms with Gasteiger partial charge in [0.1, 0.15) is 5.75 Å². The predicted octanol–water partition coefficient (Wildman–Crippen LogP) is 5.18. The summed E-state index contributed by atoms with van der Waals surface area (Å²) in [6, 6.07) is 8.36. The SMILES string of the molecule is CCCCCC1(c2ccccc2OCC)CCC(C(=O)O)CC1. The van der Waals surface area contributed by atoms with Crippen LogP contribution in [0.5, 0.6) is 5.75 Å². The highest BCUT2D eigenvalue weighted by Crippen LogP contribution is 2.48. The molecular formula is C20H30O3. The first kappa shape index (κ1) is 17.8. The molecule has 2 rings (SSSR count). The quantitative estimate of drug-likeness (QED) is 0.672. The number of ether oxygens (including phenoxy) is 1. The lowest BCUT2D eigenvalue weighted by atomic mass is 9.64. The van der Waals surface area contributed by atoms with Gasteiger partial charge in [-0.15, -0.1) is 0 Å². The van der Waals surface area contributed by atoms with Crippen molar-refractivity contribution in [3.05, 3.63) is 29.8 Å². The largest absolute Gasteiger partial charge is 0.494 e. The van der Waals surface area contributed by atoms with Gasteiger partial charge < -0.3 is 9.84 Å². The van der Waals surface area contributed by atoms with E-state index in [2.05, 4.69) is 25.1 Å². The normalized spacial score (nSPS) is 24.3. The van der Waals surface area contributed by atoms with Crippen molar-refractivity contribution in [3.8, 4) is 5.75 Å². The monoisotopic (exact) mass is 318 g/mol. The van der Waals surface area contributed by atoms with Crippen LogP contribution in [0.2, 0.25) is 0 Å². The van der Waals surface area contributed by atoms with E-state index in [4.69, 9.17) is 4.74 Å². The molecule has 0 aromatic heterocycles. The van der Waals surface area contributed by atoms with Crippen LogP contribution in [0, 0.1) is 5.92 Å². The van der Waals surface area contributed by atoms with E-state index in [1.165, 1.54) is 24.8 Å². The first-order valence-corrected chi connectivity index (χ1v) is 9.08. The topological polar surface area (TPSA) is 46.5 Å². The highest BCUT2D eigenvalue weighted by Gasteiger charge is 2.39. The molecule has 0 saturated heterocycles. The van der Waals surface area contributed by atoms with Gasteiger partial charge in [-0.3, -0.25) is 4.79 Å². The third-order valence-corrected chi connectivity index (χ3v) is 5.31. The first-order chi connectivity index (χ1) is 11.1. The average molecular weight is 318 g/mol. The van der Waals surface area contributed by atoms with Crippen LogP contribution in [-0.2, 0) is 10.2 Å². The molecule has 0 aliphatic heterocycles. The Morgan fingerprint density at radius 3 is 2.52 bits per heavy atom. The molecule has 0 atom stereocenters. The zero-order valence-corrected chi connectivity index (χ0v) is 14.5.